The van der Waals surface area contributed by atoms with Gasteiger partial charge in [0.25, 0.3) is 0 Å². The Morgan fingerprint density at radius 3 is 2.33 bits per heavy atom. The van der Waals surface area contributed by atoms with E-state index in [1.54, 1.807) is 6.07 Å². The first kappa shape index (κ1) is 26.6. The number of sulfonamides is 1. The number of methoxy groups -OCH3 is 1. The van der Waals surface area contributed by atoms with Crippen molar-refractivity contribution in [3.63, 3.8) is 0 Å². The van der Waals surface area contributed by atoms with Crippen molar-refractivity contribution in [2.75, 3.05) is 19.1 Å². The SMILES string of the molecule is COC(=O)[C@@H]1CCCN1S(=O)(=O)c1ccc(N/N=C(\C#N)C(=O)c2ccc(OC(F)(F)F)cc2)cc1. The second kappa shape index (κ2) is 10.8. The molecule has 0 aromatic heterocycles. The summed E-state index contributed by atoms with van der Waals surface area (Å²) in [5.74, 6) is -2.03. The van der Waals surface area contributed by atoms with E-state index in [1.165, 1.54) is 31.4 Å². The Morgan fingerprint density at radius 1 is 1.14 bits per heavy atom. The highest BCUT2D eigenvalue weighted by molar-refractivity contribution is 7.89. The van der Waals surface area contributed by atoms with Crippen LogP contribution in [0.25, 0.3) is 0 Å². The average molecular weight is 524 g/mol. The van der Waals surface area contributed by atoms with E-state index >= 15 is 0 Å². The van der Waals surface area contributed by atoms with Crippen LogP contribution in [0, 0.1) is 11.3 Å². The third kappa shape index (κ3) is 6.18. The molecule has 1 fully saturated rings. The van der Waals surface area contributed by atoms with Gasteiger partial charge in [0.2, 0.25) is 21.5 Å². The minimum atomic E-state index is -4.89. The van der Waals surface area contributed by atoms with Crippen LogP contribution in [0.15, 0.2) is 58.5 Å². The Bertz CT molecular complexity index is 1300. The van der Waals surface area contributed by atoms with Crippen LogP contribution in [0.3, 0.4) is 0 Å². The number of hydrogen-bond donors (Lipinski definition) is 1. The predicted molar refractivity (Wildman–Crippen MR) is 119 cm³/mol. The van der Waals surface area contributed by atoms with Gasteiger partial charge in [-0.3, -0.25) is 15.0 Å². The molecule has 190 valence electrons. The Labute approximate surface area is 204 Å². The predicted octanol–water partition coefficient (Wildman–Crippen LogP) is 3.09. The van der Waals surface area contributed by atoms with Crippen LogP contribution >= 0.6 is 0 Å². The lowest BCUT2D eigenvalue weighted by Crippen LogP contribution is -2.40. The molecule has 1 heterocycles. The number of Topliss-reactive ketones (excluding diaryl/α,β-unsaturated/α-hetero) is 1. The number of hydrazone groups is 1. The van der Waals surface area contributed by atoms with Gasteiger partial charge in [-0.2, -0.15) is 14.7 Å². The molecule has 0 amide bonds. The molecule has 2 aromatic rings. The van der Waals surface area contributed by atoms with Gasteiger partial charge in [0.05, 0.1) is 17.7 Å². The van der Waals surface area contributed by atoms with Crippen LogP contribution in [0.4, 0.5) is 18.9 Å². The van der Waals surface area contributed by atoms with E-state index < -0.39 is 45.6 Å². The van der Waals surface area contributed by atoms with Gasteiger partial charge in [0, 0.05) is 12.1 Å². The maximum absolute atomic E-state index is 12.9. The third-order valence-corrected chi connectivity index (χ3v) is 7.03. The lowest BCUT2D eigenvalue weighted by atomic mass is 10.1. The fraction of sp³-hybridized carbons (Fsp3) is 0.273. The number of ether oxygens (including phenoxy) is 2. The van der Waals surface area contributed by atoms with Gasteiger partial charge in [0.15, 0.2) is 0 Å². The highest BCUT2D eigenvalue weighted by Gasteiger charge is 2.40. The van der Waals surface area contributed by atoms with Crippen molar-refractivity contribution in [3.05, 3.63) is 54.1 Å². The first-order valence-electron chi connectivity index (χ1n) is 10.3. The van der Waals surface area contributed by atoms with Crippen LogP contribution in [0.2, 0.25) is 0 Å². The number of rotatable bonds is 8. The number of benzene rings is 2. The molecule has 1 aliphatic heterocycles. The Kier molecular flexibility index (Phi) is 7.96. The topological polar surface area (TPSA) is 138 Å². The third-order valence-electron chi connectivity index (χ3n) is 5.11. The number of anilines is 1. The highest BCUT2D eigenvalue weighted by atomic mass is 32.2. The van der Waals surface area contributed by atoms with Crippen LogP contribution in [0.1, 0.15) is 23.2 Å². The Morgan fingerprint density at radius 2 is 1.78 bits per heavy atom. The van der Waals surface area contributed by atoms with Gasteiger partial charge in [-0.25, -0.2) is 8.42 Å². The second-order valence-electron chi connectivity index (χ2n) is 7.41. The zero-order chi connectivity index (χ0) is 26.5. The first-order valence-corrected chi connectivity index (χ1v) is 11.7. The number of alkyl halides is 3. The number of halogens is 3. The fourth-order valence-electron chi connectivity index (χ4n) is 3.43. The molecule has 10 nitrogen and oxygen atoms in total. The Balaban J connectivity index is 1.71. The molecule has 3 rings (SSSR count). The maximum atomic E-state index is 12.9. The van der Waals surface area contributed by atoms with E-state index in [2.05, 4.69) is 20.0 Å². The molecule has 0 unspecified atom stereocenters. The van der Waals surface area contributed by atoms with Crippen LogP contribution in [-0.4, -0.2) is 56.2 Å². The summed E-state index contributed by atoms with van der Waals surface area (Å²) in [4.78, 5) is 24.3. The molecule has 36 heavy (non-hydrogen) atoms. The van der Waals surface area contributed by atoms with Gasteiger partial charge >= 0.3 is 12.3 Å². The zero-order valence-electron chi connectivity index (χ0n) is 18.7. The molecule has 0 radical (unpaired) electrons. The van der Waals surface area contributed by atoms with E-state index in [1.807, 2.05) is 0 Å². The van der Waals surface area contributed by atoms with E-state index in [9.17, 15) is 36.4 Å². The van der Waals surface area contributed by atoms with Gasteiger partial charge in [-0.05, 0) is 61.4 Å². The van der Waals surface area contributed by atoms with Crippen LogP contribution in [0.5, 0.6) is 5.75 Å². The summed E-state index contributed by atoms with van der Waals surface area (Å²) in [5, 5.41) is 13.0. The largest absolute Gasteiger partial charge is 0.573 e. The fourth-order valence-corrected chi connectivity index (χ4v) is 5.07. The lowest BCUT2D eigenvalue weighted by Gasteiger charge is -2.22. The van der Waals surface area contributed by atoms with Gasteiger partial charge in [0.1, 0.15) is 17.9 Å². The number of nitriles is 1. The van der Waals surface area contributed by atoms with E-state index in [0.717, 1.165) is 28.6 Å². The minimum Gasteiger partial charge on any atom is -0.468 e. The van der Waals surface area contributed by atoms with Crippen molar-refractivity contribution < 1.29 is 40.7 Å². The lowest BCUT2D eigenvalue weighted by molar-refractivity contribution is -0.274. The number of carbonyl (C=O) groups excluding carboxylic acids is 2. The molecule has 1 saturated heterocycles. The second-order valence-corrected chi connectivity index (χ2v) is 9.30. The molecular formula is C22H19F3N4O6S. The van der Waals surface area contributed by atoms with Crippen molar-refractivity contribution in [2.24, 2.45) is 5.10 Å². The number of nitrogens with zero attached hydrogens (tertiary/aromatic N) is 3. The monoisotopic (exact) mass is 524 g/mol. The number of ketones is 1. The molecule has 1 aliphatic rings. The van der Waals surface area contributed by atoms with Crippen molar-refractivity contribution >= 4 is 33.2 Å². The number of hydrogen-bond acceptors (Lipinski definition) is 9. The van der Waals surface area contributed by atoms with Crippen molar-refractivity contribution in [2.45, 2.75) is 30.1 Å². The average Bonchev–Trinajstić information content (AvgIpc) is 3.35. The molecular weight excluding hydrogens is 505 g/mol. The zero-order valence-corrected chi connectivity index (χ0v) is 19.5. The van der Waals surface area contributed by atoms with Gasteiger partial charge in [-0.1, -0.05) is 0 Å². The number of nitrogens with one attached hydrogen (secondary N) is 1. The first-order chi connectivity index (χ1) is 17.0. The standard InChI is InChI=1S/C22H19F3N4O6S/c1-34-21(31)19-3-2-12-29(19)36(32,33)17-10-6-15(7-11-17)27-28-18(13-26)20(30)14-4-8-16(9-5-14)35-22(23,24)25/h4-11,19,27H,2-3,12H2,1H3/b28-18+/t19-/m0/s1. The molecule has 0 bridgehead atoms. The van der Waals surface area contributed by atoms with E-state index in [4.69, 9.17) is 0 Å². The summed E-state index contributed by atoms with van der Waals surface area (Å²) >= 11 is 0. The highest BCUT2D eigenvalue weighted by Crippen LogP contribution is 2.27. The molecule has 1 atom stereocenters. The summed E-state index contributed by atoms with van der Waals surface area (Å²) in [6.45, 7) is 0.170. The summed E-state index contributed by atoms with van der Waals surface area (Å²) in [6.07, 6.45) is -4.03. The van der Waals surface area contributed by atoms with Gasteiger partial charge in [-0.15, -0.1) is 13.2 Å². The summed E-state index contributed by atoms with van der Waals surface area (Å²) < 4.78 is 72.2. The molecule has 14 heteroatoms. The normalized spacial score (nSPS) is 16.8. The van der Waals surface area contributed by atoms with Crippen molar-refractivity contribution in [3.8, 4) is 11.8 Å². The molecule has 0 aliphatic carbocycles. The summed E-state index contributed by atoms with van der Waals surface area (Å²) in [5.41, 5.74) is 2.02. The van der Waals surface area contributed by atoms with Crippen LogP contribution < -0.4 is 10.2 Å². The quantitative estimate of drug-likeness (QED) is 0.241. The maximum Gasteiger partial charge on any atom is 0.573 e. The summed E-state index contributed by atoms with van der Waals surface area (Å²) in [6, 6.07) is 9.89. The Hall–Kier alpha value is -3.96. The van der Waals surface area contributed by atoms with Gasteiger partial charge < -0.3 is 9.47 Å². The molecule has 0 spiro atoms. The number of carbonyl (C=O) groups is 2. The smallest absolute Gasteiger partial charge is 0.468 e. The van der Waals surface area contributed by atoms with Crippen LogP contribution in [-0.2, 0) is 19.6 Å². The van der Waals surface area contributed by atoms with E-state index in [-0.39, 0.29) is 22.7 Å². The molecule has 0 saturated carbocycles. The van der Waals surface area contributed by atoms with Crippen molar-refractivity contribution in [1.82, 2.24) is 4.31 Å². The number of esters is 1. The summed E-state index contributed by atoms with van der Waals surface area (Å²) in [7, 11) is -2.79. The molecule has 1 N–H and O–H groups in total. The minimum absolute atomic E-state index is 0.0782. The molecule has 2 aromatic carbocycles. The van der Waals surface area contributed by atoms with E-state index in [0.29, 0.717) is 12.8 Å². The van der Waals surface area contributed by atoms with Crippen molar-refractivity contribution in [1.29, 1.82) is 5.26 Å².